The molecular formula is C12H11NO2. The van der Waals surface area contributed by atoms with Crippen molar-refractivity contribution in [2.75, 3.05) is 4.90 Å². The molecule has 2 aliphatic rings. The van der Waals surface area contributed by atoms with Gasteiger partial charge >= 0.3 is 0 Å². The van der Waals surface area contributed by atoms with E-state index in [4.69, 9.17) is 0 Å². The molecule has 76 valence electrons. The number of carbonyl (C=O) groups excluding carboxylic acids is 2. The van der Waals surface area contributed by atoms with Crippen LogP contribution in [0, 0.1) is 0 Å². The number of hydrogen-bond acceptors (Lipinski definition) is 2. The van der Waals surface area contributed by atoms with Gasteiger partial charge < -0.3 is 4.90 Å². The number of rotatable bonds is 2. The molecule has 1 aromatic carbocycles. The number of hydrogen-bond donors (Lipinski definition) is 0. The Labute approximate surface area is 87.7 Å². The molecule has 1 aliphatic heterocycles. The second-order valence-corrected chi connectivity index (χ2v) is 4.18. The van der Waals surface area contributed by atoms with Crippen molar-refractivity contribution in [3.8, 4) is 0 Å². The van der Waals surface area contributed by atoms with Gasteiger partial charge in [0.2, 0.25) is 5.91 Å². The summed E-state index contributed by atoms with van der Waals surface area (Å²) in [5.41, 5.74) is 2.65. The largest absolute Gasteiger partial charge is 0.309 e. The van der Waals surface area contributed by atoms with Crippen molar-refractivity contribution in [2.45, 2.75) is 25.3 Å². The van der Waals surface area contributed by atoms with Crippen LogP contribution in [0.1, 0.15) is 28.8 Å². The molecule has 1 heterocycles. The van der Waals surface area contributed by atoms with E-state index in [-0.39, 0.29) is 5.91 Å². The summed E-state index contributed by atoms with van der Waals surface area (Å²) in [6.45, 7) is 0. The zero-order valence-electron chi connectivity index (χ0n) is 8.27. The van der Waals surface area contributed by atoms with Crippen LogP contribution in [0.5, 0.6) is 0 Å². The Kier molecular flexibility index (Phi) is 1.69. The quantitative estimate of drug-likeness (QED) is 0.681. The van der Waals surface area contributed by atoms with Crippen molar-refractivity contribution < 1.29 is 9.59 Å². The number of benzene rings is 1. The Morgan fingerprint density at radius 1 is 1.33 bits per heavy atom. The summed E-state index contributed by atoms with van der Waals surface area (Å²) in [5.74, 6) is 0.176. The molecule has 1 saturated carbocycles. The summed E-state index contributed by atoms with van der Waals surface area (Å²) in [6, 6.07) is 5.88. The monoisotopic (exact) mass is 201 g/mol. The lowest BCUT2D eigenvalue weighted by molar-refractivity contribution is -0.117. The van der Waals surface area contributed by atoms with E-state index in [2.05, 4.69) is 0 Å². The SMILES string of the molecule is O=Cc1ccc2c(c1)N(C1CC1)C(=O)C2. The Hall–Kier alpha value is -1.64. The van der Waals surface area contributed by atoms with Crippen molar-refractivity contribution in [1.29, 1.82) is 0 Å². The molecule has 0 N–H and O–H groups in total. The van der Waals surface area contributed by atoms with Gasteiger partial charge in [-0.15, -0.1) is 0 Å². The molecule has 15 heavy (non-hydrogen) atoms. The summed E-state index contributed by atoms with van der Waals surface area (Å²) >= 11 is 0. The predicted octanol–water partition coefficient (Wildman–Crippen LogP) is 1.55. The number of amides is 1. The number of fused-ring (bicyclic) bond motifs is 1. The average Bonchev–Trinajstić information content (AvgIpc) is 3.00. The molecule has 1 aliphatic carbocycles. The van der Waals surface area contributed by atoms with Crippen molar-refractivity contribution in [2.24, 2.45) is 0 Å². The molecule has 1 aromatic rings. The summed E-state index contributed by atoms with van der Waals surface area (Å²) in [4.78, 5) is 24.3. The Bertz CT molecular complexity index is 449. The molecule has 0 unspecified atom stereocenters. The first kappa shape index (κ1) is 8.65. The van der Waals surface area contributed by atoms with Crippen LogP contribution in [0.25, 0.3) is 0 Å². The molecular weight excluding hydrogens is 190 g/mol. The van der Waals surface area contributed by atoms with Crippen molar-refractivity contribution in [3.05, 3.63) is 29.3 Å². The topological polar surface area (TPSA) is 37.4 Å². The van der Waals surface area contributed by atoms with Crippen molar-refractivity contribution in [3.63, 3.8) is 0 Å². The molecule has 0 radical (unpaired) electrons. The number of nitrogens with zero attached hydrogens (tertiary/aromatic N) is 1. The lowest BCUT2D eigenvalue weighted by Gasteiger charge is -2.16. The molecule has 1 amide bonds. The minimum Gasteiger partial charge on any atom is -0.309 e. The summed E-state index contributed by atoms with van der Waals surface area (Å²) in [7, 11) is 0. The van der Waals surface area contributed by atoms with Crippen LogP contribution in [0.15, 0.2) is 18.2 Å². The van der Waals surface area contributed by atoms with E-state index in [1.54, 1.807) is 6.07 Å². The molecule has 0 saturated heterocycles. The third-order valence-electron chi connectivity index (χ3n) is 3.03. The molecule has 3 nitrogen and oxygen atoms in total. The van der Waals surface area contributed by atoms with Gasteiger partial charge in [0.05, 0.1) is 6.42 Å². The number of anilines is 1. The number of aldehydes is 1. The van der Waals surface area contributed by atoms with Gasteiger partial charge in [-0.1, -0.05) is 12.1 Å². The zero-order valence-corrected chi connectivity index (χ0v) is 8.27. The summed E-state index contributed by atoms with van der Waals surface area (Å²) in [5, 5.41) is 0. The average molecular weight is 201 g/mol. The standard InChI is InChI=1S/C12H11NO2/c14-7-8-1-2-9-6-12(15)13(10-3-4-10)11(9)5-8/h1-2,5,7,10H,3-4,6H2. The van der Waals surface area contributed by atoms with E-state index in [0.29, 0.717) is 18.0 Å². The van der Waals surface area contributed by atoms with Crippen LogP contribution < -0.4 is 4.90 Å². The fourth-order valence-corrected chi connectivity index (χ4v) is 2.14. The normalized spacial score (nSPS) is 19.2. The smallest absolute Gasteiger partial charge is 0.231 e. The van der Waals surface area contributed by atoms with Crippen LogP contribution >= 0.6 is 0 Å². The van der Waals surface area contributed by atoms with E-state index < -0.39 is 0 Å². The van der Waals surface area contributed by atoms with Gasteiger partial charge in [0.15, 0.2) is 0 Å². The minimum atomic E-state index is 0.176. The van der Waals surface area contributed by atoms with Crippen LogP contribution in [0.3, 0.4) is 0 Å². The molecule has 0 atom stereocenters. The highest BCUT2D eigenvalue weighted by atomic mass is 16.2. The van der Waals surface area contributed by atoms with Crippen LogP contribution in [-0.2, 0) is 11.2 Å². The lowest BCUT2D eigenvalue weighted by Crippen LogP contribution is -2.28. The van der Waals surface area contributed by atoms with E-state index in [1.807, 2.05) is 17.0 Å². The molecule has 3 heteroatoms. The molecule has 3 rings (SSSR count). The van der Waals surface area contributed by atoms with E-state index >= 15 is 0 Å². The first-order valence-electron chi connectivity index (χ1n) is 5.20. The number of carbonyl (C=O) groups is 2. The van der Waals surface area contributed by atoms with Crippen molar-refractivity contribution >= 4 is 17.9 Å². The Morgan fingerprint density at radius 3 is 2.80 bits per heavy atom. The maximum absolute atomic E-state index is 11.7. The lowest BCUT2D eigenvalue weighted by atomic mass is 10.1. The summed E-state index contributed by atoms with van der Waals surface area (Å²) in [6.07, 6.45) is 3.51. The van der Waals surface area contributed by atoms with Gasteiger partial charge in [-0.05, 0) is 24.5 Å². The highest BCUT2D eigenvalue weighted by Gasteiger charge is 2.38. The Morgan fingerprint density at radius 2 is 2.13 bits per heavy atom. The molecule has 1 fully saturated rings. The fraction of sp³-hybridized carbons (Fsp3) is 0.333. The second-order valence-electron chi connectivity index (χ2n) is 4.18. The maximum atomic E-state index is 11.7. The van der Waals surface area contributed by atoms with Gasteiger partial charge in [-0.25, -0.2) is 0 Å². The van der Waals surface area contributed by atoms with E-state index in [1.165, 1.54) is 0 Å². The highest BCUT2D eigenvalue weighted by molar-refractivity contribution is 6.03. The van der Waals surface area contributed by atoms with Gasteiger partial charge in [0.1, 0.15) is 6.29 Å². The van der Waals surface area contributed by atoms with Gasteiger partial charge in [-0.3, -0.25) is 9.59 Å². The Balaban J connectivity index is 2.08. The first-order valence-corrected chi connectivity index (χ1v) is 5.20. The third kappa shape index (κ3) is 1.27. The molecule has 0 aromatic heterocycles. The fourth-order valence-electron chi connectivity index (χ4n) is 2.14. The first-order chi connectivity index (χ1) is 7.29. The van der Waals surface area contributed by atoms with Crippen LogP contribution in [-0.4, -0.2) is 18.2 Å². The molecule has 0 spiro atoms. The highest BCUT2D eigenvalue weighted by Crippen LogP contribution is 2.38. The van der Waals surface area contributed by atoms with Gasteiger partial charge in [0, 0.05) is 17.3 Å². The van der Waals surface area contributed by atoms with E-state index in [0.717, 1.165) is 30.4 Å². The van der Waals surface area contributed by atoms with Crippen LogP contribution in [0.4, 0.5) is 5.69 Å². The zero-order chi connectivity index (χ0) is 10.4. The third-order valence-corrected chi connectivity index (χ3v) is 3.03. The van der Waals surface area contributed by atoms with Crippen molar-refractivity contribution in [1.82, 2.24) is 0 Å². The maximum Gasteiger partial charge on any atom is 0.231 e. The second kappa shape index (κ2) is 2.92. The van der Waals surface area contributed by atoms with Gasteiger partial charge in [-0.2, -0.15) is 0 Å². The van der Waals surface area contributed by atoms with E-state index in [9.17, 15) is 9.59 Å². The van der Waals surface area contributed by atoms with Gasteiger partial charge in [0.25, 0.3) is 0 Å². The predicted molar refractivity (Wildman–Crippen MR) is 56.0 cm³/mol. The molecule has 0 bridgehead atoms. The van der Waals surface area contributed by atoms with Crippen LogP contribution in [0.2, 0.25) is 0 Å². The minimum absolute atomic E-state index is 0.176. The summed E-state index contributed by atoms with van der Waals surface area (Å²) < 4.78 is 0.